The summed E-state index contributed by atoms with van der Waals surface area (Å²) in [6.07, 6.45) is 7.87. The first-order chi connectivity index (χ1) is 10.3. The Balaban J connectivity index is 2.15. The first-order valence-corrected chi connectivity index (χ1v) is 7.04. The van der Waals surface area contributed by atoms with Gasteiger partial charge in [-0.15, -0.1) is 5.26 Å². The van der Waals surface area contributed by atoms with Crippen molar-refractivity contribution < 1.29 is 9.47 Å². The maximum atomic E-state index is 8.98. The number of pyridine rings is 1. The van der Waals surface area contributed by atoms with Crippen LogP contribution in [-0.4, -0.2) is 12.1 Å². The van der Waals surface area contributed by atoms with Crippen LogP contribution < -0.4 is 9.47 Å². The van der Waals surface area contributed by atoms with E-state index in [1.54, 1.807) is 13.3 Å². The summed E-state index contributed by atoms with van der Waals surface area (Å²) in [7, 11) is 1.59. The molecule has 2 aromatic rings. The Morgan fingerprint density at radius 3 is 2.86 bits per heavy atom. The van der Waals surface area contributed by atoms with Gasteiger partial charge >= 0.3 is 0 Å². The SMILES string of the molecule is COc1cc(-c2ccc3c(c2OC#N)CCCC3)ccn1. The van der Waals surface area contributed by atoms with Crippen LogP contribution in [0.25, 0.3) is 11.1 Å². The molecular weight excluding hydrogens is 264 g/mol. The fourth-order valence-electron chi connectivity index (χ4n) is 2.87. The van der Waals surface area contributed by atoms with E-state index in [0.29, 0.717) is 11.6 Å². The molecule has 1 aliphatic rings. The number of benzene rings is 1. The molecule has 3 rings (SSSR count). The summed E-state index contributed by atoms with van der Waals surface area (Å²) in [6, 6.07) is 7.92. The van der Waals surface area contributed by atoms with E-state index in [1.807, 2.05) is 24.5 Å². The summed E-state index contributed by atoms with van der Waals surface area (Å²) in [4.78, 5) is 4.12. The van der Waals surface area contributed by atoms with Crippen molar-refractivity contribution in [2.75, 3.05) is 7.11 Å². The average molecular weight is 280 g/mol. The molecule has 106 valence electrons. The predicted octanol–water partition coefficient (Wildman–Crippen LogP) is 3.50. The molecule has 0 N–H and O–H groups in total. The molecule has 0 aliphatic heterocycles. The minimum absolute atomic E-state index is 0.549. The number of fused-ring (bicyclic) bond motifs is 1. The van der Waals surface area contributed by atoms with Crippen molar-refractivity contribution in [1.29, 1.82) is 5.26 Å². The van der Waals surface area contributed by atoms with Gasteiger partial charge in [0.15, 0.2) is 5.75 Å². The lowest BCUT2D eigenvalue weighted by Crippen LogP contribution is -2.05. The lowest BCUT2D eigenvalue weighted by atomic mass is 9.88. The van der Waals surface area contributed by atoms with Crippen molar-refractivity contribution >= 4 is 0 Å². The molecule has 21 heavy (non-hydrogen) atoms. The Kier molecular flexibility index (Phi) is 3.74. The smallest absolute Gasteiger partial charge is 0.292 e. The molecule has 0 amide bonds. The number of methoxy groups -OCH3 is 1. The largest absolute Gasteiger partial charge is 0.481 e. The van der Waals surface area contributed by atoms with Crippen LogP contribution in [0.3, 0.4) is 0 Å². The van der Waals surface area contributed by atoms with Crippen LogP contribution in [0.15, 0.2) is 30.5 Å². The van der Waals surface area contributed by atoms with Gasteiger partial charge in [-0.1, -0.05) is 12.1 Å². The van der Waals surface area contributed by atoms with Crippen molar-refractivity contribution in [3.8, 4) is 29.0 Å². The normalized spacial score (nSPS) is 13.1. The summed E-state index contributed by atoms with van der Waals surface area (Å²) in [5.41, 5.74) is 4.31. The van der Waals surface area contributed by atoms with E-state index in [2.05, 4.69) is 11.1 Å². The summed E-state index contributed by atoms with van der Waals surface area (Å²) < 4.78 is 10.5. The molecule has 1 heterocycles. The highest BCUT2D eigenvalue weighted by Crippen LogP contribution is 2.39. The van der Waals surface area contributed by atoms with Crippen molar-refractivity contribution in [3.05, 3.63) is 41.6 Å². The Labute approximate surface area is 124 Å². The summed E-state index contributed by atoms with van der Waals surface area (Å²) in [5.74, 6) is 1.23. The number of aromatic nitrogens is 1. The van der Waals surface area contributed by atoms with Gasteiger partial charge in [-0.25, -0.2) is 4.98 Å². The third-order valence-electron chi connectivity index (χ3n) is 3.88. The van der Waals surface area contributed by atoms with Gasteiger partial charge in [-0.3, -0.25) is 0 Å². The highest BCUT2D eigenvalue weighted by molar-refractivity contribution is 5.74. The van der Waals surface area contributed by atoms with Crippen molar-refractivity contribution in [2.45, 2.75) is 25.7 Å². The van der Waals surface area contributed by atoms with Gasteiger partial charge in [-0.2, -0.15) is 0 Å². The molecule has 1 aromatic carbocycles. The van der Waals surface area contributed by atoms with Crippen LogP contribution >= 0.6 is 0 Å². The minimum atomic E-state index is 0.549. The quantitative estimate of drug-likeness (QED) is 0.807. The van der Waals surface area contributed by atoms with Crippen molar-refractivity contribution in [1.82, 2.24) is 4.98 Å². The molecule has 1 aliphatic carbocycles. The Bertz CT molecular complexity index is 704. The second kappa shape index (κ2) is 5.84. The van der Waals surface area contributed by atoms with Gasteiger partial charge in [0.1, 0.15) is 0 Å². The third-order valence-corrected chi connectivity index (χ3v) is 3.88. The van der Waals surface area contributed by atoms with E-state index in [1.165, 1.54) is 12.0 Å². The maximum absolute atomic E-state index is 8.98. The van der Waals surface area contributed by atoms with Crippen molar-refractivity contribution in [3.63, 3.8) is 0 Å². The second-order valence-electron chi connectivity index (χ2n) is 5.07. The van der Waals surface area contributed by atoms with Crippen molar-refractivity contribution in [2.24, 2.45) is 0 Å². The zero-order chi connectivity index (χ0) is 14.7. The summed E-state index contributed by atoms with van der Waals surface area (Å²) in [5, 5.41) is 8.98. The molecule has 0 unspecified atom stereocenters. The van der Waals surface area contributed by atoms with Gasteiger partial charge in [0, 0.05) is 17.8 Å². The Morgan fingerprint density at radius 1 is 1.19 bits per heavy atom. The van der Waals surface area contributed by atoms with Gasteiger partial charge in [-0.05, 0) is 48.4 Å². The second-order valence-corrected chi connectivity index (χ2v) is 5.07. The number of aryl methyl sites for hydroxylation is 1. The van der Waals surface area contributed by atoms with E-state index in [-0.39, 0.29) is 0 Å². The van der Waals surface area contributed by atoms with Crippen LogP contribution in [0.2, 0.25) is 0 Å². The molecule has 1 aromatic heterocycles. The number of nitrogens with zero attached hydrogens (tertiary/aromatic N) is 2. The lowest BCUT2D eigenvalue weighted by Gasteiger charge is -2.20. The van der Waals surface area contributed by atoms with E-state index in [4.69, 9.17) is 14.7 Å². The molecule has 0 atom stereocenters. The molecule has 0 fully saturated rings. The highest BCUT2D eigenvalue weighted by atomic mass is 16.5. The lowest BCUT2D eigenvalue weighted by molar-refractivity contribution is 0.398. The standard InChI is InChI=1S/C17H16N2O2/c1-20-16-10-13(8-9-19-16)15-7-6-12-4-2-3-5-14(12)17(15)21-11-18/h6-10H,2-5H2,1H3. The van der Waals surface area contributed by atoms with Crippen LogP contribution in [0, 0.1) is 11.5 Å². The fraction of sp³-hybridized carbons (Fsp3) is 0.294. The van der Waals surface area contributed by atoms with E-state index < -0.39 is 0 Å². The molecule has 0 spiro atoms. The number of nitriles is 1. The van der Waals surface area contributed by atoms with Crippen LogP contribution in [0.1, 0.15) is 24.0 Å². The maximum Gasteiger partial charge on any atom is 0.292 e. The Morgan fingerprint density at radius 2 is 2.05 bits per heavy atom. The monoisotopic (exact) mass is 280 g/mol. The van der Waals surface area contributed by atoms with E-state index >= 15 is 0 Å². The average Bonchev–Trinajstić information content (AvgIpc) is 2.55. The Hall–Kier alpha value is -2.54. The molecule has 0 saturated heterocycles. The van der Waals surface area contributed by atoms with E-state index in [0.717, 1.165) is 36.0 Å². The zero-order valence-corrected chi connectivity index (χ0v) is 11.9. The molecular formula is C17H16N2O2. The van der Waals surface area contributed by atoms with Crippen LogP contribution in [0.5, 0.6) is 11.6 Å². The first kappa shape index (κ1) is 13.4. The number of rotatable bonds is 3. The highest BCUT2D eigenvalue weighted by Gasteiger charge is 2.19. The van der Waals surface area contributed by atoms with Gasteiger partial charge < -0.3 is 9.47 Å². The van der Waals surface area contributed by atoms with Gasteiger partial charge in [0.2, 0.25) is 5.88 Å². The van der Waals surface area contributed by atoms with Gasteiger partial charge in [0.05, 0.1) is 7.11 Å². The molecule has 4 heteroatoms. The number of ether oxygens (including phenoxy) is 2. The number of hydrogen-bond donors (Lipinski definition) is 0. The molecule has 0 saturated carbocycles. The zero-order valence-electron chi connectivity index (χ0n) is 11.9. The van der Waals surface area contributed by atoms with Gasteiger partial charge in [0.25, 0.3) is 6.26 Å². The molecule has 0 radical (unpaired) electrons. The minimum Gasteiger partial charge on any atom is -0.481 e. The molecule has 0 bridgehead atoms. The molecule has 4 nitrogen and oxygen atoms in total. The first-order valence-electron chi connectivity index (χ1n) is 7.04. The van der Waals surface area contributed by atoms with Crippen LogP contribution in [0.4, 0.5) is 0 Å². The summed E-state index contributed by atoms with van der Waals surface area (Å²) in [6.45, 7) is 0. The summed E-state index contributed by atoms with van der Waals surface area (Å²) >= 11 is 0. The topological polar surface area (TPSA) is 55.1 Å². The predicted molar refractivity (Wildman–Crippen MR) is 79.1 cm³/mol. The third kappa shape index (κ3) is 2.55. The number of hydrogen-bond acceptors (Lipinski definition) is 4. The van der Waals surface area contributed by atoms with E-state index in [9.17, 15) is 0 Å². The van der Waals surface area contributed by atoms with Crippen LogP contribution in [-0.2, 0) is 12.8 Å². The fourth-order valence-corrected chi connectivity index (χ4v) is 2.87.